The van der Waals surface area contributed by atoms with Crippen molar-refractivity contribution in [2.45, 2.75) is 65.6 Å². The van der Waals surface area contributed by atoms with Gasteiger partial charge < -0.3 is 9.84 Å². The molecule has 0 aliphatic heterocycles. The van der Waals surface area contributed by atoms with Gasteiger partial charge >= 0.3 is 5.97 Å². The molecule has 0 amide bonds. The highest BCUT2D eigenvalue weighted by atomic mass is 16.6. The molecule has 0 bridgehead atoms. The maximum absolute atomic E-state index is 11.6. The second-order valence-corrected chi connectivity index (χ2v) is 5.43. The molecular formula is C13H24O3. The van der Waals surface area contributed by atoms with Gasteiger partial charge in [0, 0.05) is 5.57 Å². The molecule has 3 heteroatoms. The molecule has 0 heterocycles. The Morgan fingerprint density at radius 3 is 2.12 bits per heavy atom. The lowest BCUT2D eigenvalue weighted by atomic mass is 9.94. The maximum atomic E-state index is 11.6. The molecule has 0 spiro atoms. The van der Waals surface area contributed by atoms with E-state index in [2.05, 4.69) is 0 Å². The zero-order valence-corrected chi connectivity index (χ0v) is 11.3. The number of allylic oxidation sites excluding steroid dienone is 1. The van der Waals surface area contributed by atoms with Gasteiger partial charge in [0.1, 0.15) is 5.60 Å². The summed E-state index contributed by atoms with van der Waals surface area (Å²) in [5, 5.41) is 9.62. The Hall–Kier alpha value is -0.830. The zero-order valence-electron chi connectivity index (χ0n) is 11.3. The lowest BCUT2D eigenvalue weighted by molar-refractivity contribution is -0.153. The van der Waals surface area contributed by atoms with Crippen molar-refractivity contribution in [2.75, 3.05) is 0 Å². The zero-order chi connectivity index (χ0) is 13.0. The van der Waals surface area contributed by atoms with Gasteiger partial charge in [-0.25, -0.2) is 4.79 Å². The minimum atomic E-state index is -0.723. The Labute approximate surface area is 98.5 Å². The molecular weight excluding hydrogens is 204 g/mol. The fraction of sp³-hybridized carbons (Fsp3) is 0.769. The minimum absolute atomic E-state index is 0.289. The molecule has 0 saturated carbocycles. The van der Waals surface area contributed by atoms with Gasteiger partial charge in [-0.3, -0.25) is 0 Å². The first kappa shape index (κ1) is 15.2. The monoisotopic (exact) mass is 228 g/mol. The van der Waals surface area contributed by atoms with E-state index >= 15 is 0 Å². The summed E-state index contributed by atoms with van der Waals surface area (Å²) in [6.45, 7) is 10.8. The van der Waals surface area contributed by atoms with Gasteiger partial charge in [-0.05, 0) is 54.4 Å². The molecule has 0 unspecified atom stereocenters. The summed E-state index contributed by atoms with van der Waals surface area (Å²) < 4.78 is 5.37. The van der Waals surface area contributed by atoms with Crippen molar-refractivity contribution in [1.82, 2.24) is 0 Å². The molecule has 0 aromatic carbocycles. The third-order valence-electron chi connectivity index (χ3n) is 2.46. The van der Waals surface area contributed by atoms with Crippen LogP contribution in [0.4, 0.5) is 0 Å². The molecule has 3 nitrogen and oxygen atoms in total. The summed E-state index contributed by atoms with van der Waals surface area (Å²) in [6.07, 6.45) is 2.97. The van der Waals surface area contributed by atoms with Gasteiger partial charge in [0.2, 0.25) is 0 Å². The summed E-state index contributed by atoms with van der Waals surface area (Å²) in [4.78, 5) is 11.6. The first-order chi connectivity index (χ1) is 7.07. The summed E-state index contributed by atoms with van der Waals surface area (Å²) in [6, 6.07) is 0. The van der Waals surface area contributed by atoms with Crippen LogP contribution < -0.4 is 0 Å². The van der Waals surface area contributed by atoms with Crippen LogP contribution in [-0.4, -0.2) is 22.3 Å². The number of ether oxygens (including phenoxy) is 1. The smallest absolute Gasteiger partial charge is 0.333 e. The van der Waals surface area contributed by atoms with Gasteiger partial charge in [-0.2, -0.15) is 0 Å². The van der Waals surface area contributed by atoms with E-state index in [-0.39, 0.29) is 5.97 Å². The number of carbonyl (C=O) groups is 1. The maximum Gasteiger partial charge on any atom is 0.333 e. The van der Waals surface area contributed by atoms with Crippen molar-refractivity contribution >= 4 is 5.97 Å². The number of rotatable bonds is 5. The fourth-order valence-corrected chi connectivity index (χ4v) is 1.11. The molecule has 1 N–H and O–H groups in total. The average molecular weight is 228 g/mol. The van der Waals surface area contributed by atoms with E-state index in [4.69, 9.17) is 4.74 Å². The van der Waals surface area contributed by atoms with Gasteiger partial charge in [0.05, 0.1) is 5.60 Å². The molecule has 0 aromatic heterocycles. The fourth-order valence-electron chi connectivity index (χ4n) is 1.11. The molecule has 0 atom stereocenters. The highest BCUT2D eigenvalue weighted by Crippen LogP contribution is 2.23. The van der Waals surface area contributed by atoms with Gasteiger partial charge in [-0.1, -0.05) is 6.08 Å². The van der Waals surface area contributed by atoms with Crippen LogP contribution in [0.15, 0.2) is 11.6 Å². The minimum Gasteiger partial charge on any atom is -0.456 e. The summed E-state index contributed by atoms with van der Waals surface area (Å²) in [7, 11) is 0. The summed E-state index contributed by atoms with van der Waals surface area (Å²) in [5.74, 6) is -0.289. The van der Waals surface area contributed by atoms with Gasteiger partial charge in [0.15, 0.2) is 0 Å². The topological polar surface area (TPSA) is 46.5 Å². The van der Waals surface area contributed by atoms with E-state index in [0.717, 1.165) is 0 Å². The third-order valence-corrected chi connectivity index (χ3v) is 2.46. The van der Waals surface area contributed by atoms with Gasteiger partial charge in [-0.15, -0.1) is 0 Å². The lowest BCUT2D eigenvalue weighted by Gasteiger charge is -2.28. The number of esters is 1. The van der Waals surface area contributed by atoms with Crippen molar-refractivity contribution in [2.24, 2.45) is 0 Å². The Bertz CT molecular complexity index is 269. The Morgan fingerprint density at radius 1 is 1.25 bits per heavy atom. The molecule has 0 saturated heterocycles. The van der Waals surface area contributed by atoms with Gasteiger partial charge in [0.25, 0.3) is 0 Å². The van der Waals surface area contributed by atoms with E-state index in [9.17, 15) is 9.90 Å². The van der Waals surface area contributed by atoms with E-state index in [1.54, 1.807) is 33.8 Å². The van der Waals surface area contributed by atoms with Crippen LogP contribution in [-0.2, 0) is 9.53 Å². The molecule has 0 aromatic rings. The molecule has 0 aliphatic rings. The molecule has 0 rings (SSSR count). The Kier molecular flexibility index (Phi) is 5.20. The average Bonchev–Trinajstić information content (AvgIpc) is 2.12. The Balaban J connectivity index is 4.30. The van der Waals surface area contributed by atoms with Crippen molar-refractivity contribution < 1.29 is 14.6 Å². The highest BCUT2D eigenvalue weighted by molar-refractivity contribution is 5.87. The molecule has 16 heavy (non-hydrogen) atoms. The predicted molar refractivity (Wildman–Crippen MR) is 65.1 cm³/mol. The summed E-state index contributed by atoms with van der Waals surface area (Å²) in [5.41, 5.74) is -0.656. The number of hydrogen-bond donors (Lipinski definition) is 1. The third kappa shape index (κ3) is 6.62. The van der Waals surface area contributed by atoms with E-state index in [0.29, 0.717) is 18.4 Å². The number of carbonyl (C=O) groups excluding carboxylic acids is 1. The van der Waals surface area contributed by atoms with Crippen LogP contribution in [0.3, 0.4) is 0 Å². The van der Waals surface area contributed by atoms with E-state index in [1.807, 2.05) is 13.8 Å². The molecule has 0 aliphatic carbocycles. The van der Waals surface area contributed by atoms with Crippen LogP contribution in [0.1, 0.15) is 54.4 Å². The van der Waals surface area contributed by atoms with Crippen molar-refractivity contribution in [3.05, 3.63) is 11.6 Å². The van der Waals surface area contributed by atoms with Crippen LogP contribution in [0.25, 0.3) is 0 Å². The Morgan fingerprint density at radius 2 is 1.75 bits per heavy atom. The predicted octanol–water partition coefficient (Wildman–Crippen LogP) is 2.83. The molecule has 0 fully saturated rings. The van der Waals surface area contributed by atoms with E-state index < -0.39 is 11.2 Å². The first-order valence-corrected chi connectivity index (χ1v) is 5.66. The van der Waals surface area contributed by atoms with Crippen molar-refractivity contribution in [3.63, 3.8) is 0 Å². The van der Waals surface area contributed by atoms with Crippen molar-refractivity contribution in [3.8, 4) is 0 Å². The summed E-state index contributed by atoms with van der Waals surface area (Å²) >= 11 is 0. The number of hydrogen-bond acceptors (Lipinski definition) is 3. The van der Waals surface area contributed by atoms with Crippen LogP contribution in [0, 0.1) is 0 Å². The van der Waals surface area contributed by atoms with Crippen LogP contribution in [0.5, 0.6) is 0 Å². The SMILES string of the molecule is CC=C(C)C(=O)OC(C)(C)CCC(C)(C)O. The van der Waals surface area contributed by atoms with Crippen molar-refractivity contribution in [1.29, 1.82) is 0 Å². The van der Waals surface area contributed by atoms with E-state index in [1.165, 1.54) is 0 Å². The van der Waals surface area contributed by atoms with Crippen LogP contribution in [0.2, 0.25) is 0 Å². The lowest BCUT2D eigenvalue weighted by Crippen LogP contribution is -2.31. The second-order valence-electron chi connectivity index (χ2n) is 5.43. The normalized spacial score (nSPS) is 13.8. The molecule has 94 valence electrons. The quantitative estimate of drug-likeness (QED) is 0.581. The highest BCUT2D eigenvalue weighted by Gasteiger charge is 2.26. The number of aliphatic hydroxyl groups is 1. The second kappa shape index (κ2) is 5.48. The largest absolute Gasteiger partial charge is 0.456 e. The van der Waals surface area contributed by atoms with Crippen LogP contribution >= 0.6 is 0 Å². The standard InChI is InChI=1S/C13H24O3/c1-7-10(2)11(14)16-13(5,6)9-8-12(3,4)15/h7,15H,8-9H2,1-6H3. The first-order valence-electron chi connectivity index (χ1n) is 5.66. The molecule has 0 radical (unpaired) electrons.